The first-order valence-corrected chi connectivity index (χ1v) is 5.24. The van der Waals surface area contributed by atoms with Crippen LogP contribution in [0, 0.1) is 0 Å². The van der Waals surface area contributed by atoms with Gasteiger partial charge in [-0.05, 0) is 6.92 Å². The summed E-state index contributed by atoms with van der Waals surface area (Å²) in [6.45, 7) is 5.89. The average molecular weight is 209 g/mol. The van der Waals surface area contributed by atoms with Crippen LogP contribution in [-0.4, -0.2) is 36.3 Å². The van der Waals surface area contributed by atoms with E-state index in [0.29, 0.717) is 12.0 Å². The third kappa shape index (κ3) is 3.93. The predicted molar refractivity (Wildman–Crippen MR) is 59.8 cm³/mol. The van der Waals surface area contributed by atoms with Gasteiger partial charge in [-0.1, -0.05) is 6.92 Å². The van der Waals surface area contributed by atoms with Crippen LogP contribution in [0.2, 0.25) is 0 Å². The van der Waals surface area contributed by atoms with Crippen molar-refractivity contribution in [3.63, 3.8) is 0 Å². The van der Waals surface area contributed by atoms with Crippen LogP contribution in [-0.2, 0) is 4.74 Å². The fraction of sp³-hybridized carbons (Fsp3) is 0.636. The van der Waals surface area contributed by atoms with Gasteiger partial charge in [-0.3, -0.25) is 9.97 Å². The molecule has 1 heterocycles. The largest absolute Gasteiger partial charge is 0.383 e. The molecule has 1 rings (SSSR count). The van der Waals surface area contributed by atoms with E-state index >= 15 is 0 Å². The summed E-state index contributed by atoms with van der Waals surface area (Å²) < 4.78 is 4.99. The van der Waals surface area contributed by atoms with Crippen molar-refractivity contribution < 1.29 is 4.74 Å². The molecule has 15 heavy (non-hydrogen) atoms. The van der Waals surface area contributed by atoms with Gasteiger partial charge < -0.3 is 10.1 Å². The van der Waals surface area contributed by atoms with Crippen molar-refractivity contribution in [2.24, 2.45) is 0 Å². The molecule has 0 fully saturated rings. The summed E-state index contributed by atoms with van der Waals surface area (Å²) in [5.41, 5.74) is 1.02. The highest BCUT2D eigenvalue weighted by Crippen LogP contribution is 2.14. The lowest BCUT2D eigenvalue weighted by Crippen LogP contribution is -2.33. The van der Waals surface area contributed by atoms with Crippen molar-refractivity contribution in [3.8, 4) is 0 Å². The Morgan fingerprint density at radius 2 is 2.20 bits per heavy atom. The zero-order valence-corrected chi connectivity index (χ0v) is 9.60. The summed E-state index contributed by atoms with van der Waals surface area (Å²) in [6, 6.07) is 0.372. The Bertz CT molecular complexity index is 266. The lowest BCUT2D eigenvalue weighted by Gasteiger charge is -2.20. The third-order valence-electron chi connectivity index (χ3n) is 2.57. The fourth-order valence-electron chi connectivity index (χ4n) is 1.37. The molecular weight excluding hydrogens is 190 g/mol. The first-order chi connectivity index (χ1) is 7.25. The maximum absolute atomic E-state index is 4.99. The van der Waals surface area contributed by atoms with Crippen LogP contribution >= 0.6 is 0 Å². The summed E-state index contributed by atoms with van der Waals surface area (Å²) in [7, 11) is 1.71. The molecule has 2 unspecified atom stereocenters. The molecule has 0 amide bonds. The Morgan fingerprint density at radius 1 is 1.40 bits per heavy atom. The number of hydrogen-bond acceptors (Lipinski definition) is 4. The highest BCUT2D eigenvalue weighted by molar-refractivity contribution is 5.04. The zero-order valence-electron chi connectivity index (χ0n) is 9.60. The van der Waals surface area contributed by atoms with Gasteiger partial charge in [-0.15, -0.1) is 0 Å². The van der Waals surface area contributed by atoms with E-state index in [9.17, 15) is 0 Å². The van der Waals surface area contributed by atoms with Crippen LogP contribution in [0.4, 0.5) is 0 Å². The molecule has 84 valence electrons. The highest BCUT2D eigenvalue weighted by atomic mass is 16.5. The highest BCUT2D eigenvalue weighted by Gasteiger charge is 2.14. The smallest absolute Gasteiger partial charge is 0.0630 e. The summed E-state index contributed by atoms with van der Waals surface area (Å²) in [4.78, 5) is 8.36. The van der Waals surface area contributed by atoms with Gasteiger partial charge in [0.2, 0.25) is 0 Å². The second-order valence-electron chi connectivity index (χ2n) is 3.65. The van der Waals surface area contributed by atoms with Gasteiger partial charge in [0.15, 0.2) is 0 Å². The quantitative estimate of drug-likeness (QED) is 0.715. The maximum Gasteiger partial charge on any atom is 0.0630 e. The van der Waals surface area contributed by atoms with Crippen LogP contribution in [0.1, 0.15) is 25.5 Å². The number of aromatic nitrogens is 2. The maximum atomic E-state index is 4.99. The van der Waals surface area contributed by atoms with E-state index in [-0.39, 0.29) is 0 Å². The zero-order chi connectivity index (χ0) is 11.1. The van der Waals surface area contributed by atoms with Gasteiger partial charge in [0.05, 0.1) is 12.3 Å². The Kier molecular flexibility index (Phi) is 5.21. The second-order valence-corrected chi connectivity index (χ2v) is 3.65. The minimum atomic E-state index is 0.357. The van der Waals surface area contributed by atoms with E-state index in [1.54, 1.807) is 19.5 Å². The molecule has 1 aromatic rings. The monoisotopic (exact) mass is 209 g/mol. The molecule has 2 atom stereocenters. The second kappa shape index (κ2) is 6.48. The van der Waals surface area contributed by atoms with Crippen molar-refractivity contribution >= 4 is 0 Å². The topological polar surface area (TPSA) is 47.0 Å². The Morgan fingerprint density at radius 3 is 2.80 bits per heavy atom. The average Bonchev–Trinajstić information content (AvgIpc) is 2.29. The molecule has 1 N–H and O–H groups in total. The van der Waals surface area contributed by atoms with Crippen LogP contribution < -0.4 is 5.32 Å². The first kappa shape index (κ1) is 12.1. The normalized spacial score (nSPS) is 14.9. The molecule has 0 aliphatic heterocycles. The minimum absolute atomic E-state index is 0.357. The molecule has 0 saturated heterocycles. The molecule has 0 aromatic carbocycles. The minimum Gasteiger partial charge on any atom is -0.383 e. The Labute approximate surface area is 91.1 Å². The third-order valence-corrected chi connectivity index (χ3v) is 2.57. The van der Waals surface area contributed by atoms with Gasteiger partial charge >= 0.3 is 0 Å². The summed E-state index contributed by atoms with van der Waals surface area (Å²) >= 11 is 0. The molecule has 0 spiro atoms. The molecule has 0 aliphatic carbocycles. The van der Waals surface area contributed by atoms with Gasteiger partial charge in [0.25, 0.3) is 0 Å². The number of rotatable bonds is 6. The van der Waals surface area contributed by atoms with Crippen molar-refractivity contribution in [1.82, 2.24) is 15.3 Å². The Balaban J connectivity index is 2.42. The lowest BCUT2D eigenvalue weighted by molar-refractivity contribution is 0.195. The Hall–Kier alpha value is -1.00. The van der Waals surface area contributed by atoms with E-state index in [4.69, 9.17) is 4.74 Å². The SMILES string of the molecule is COCCNC(C)C(C)c1cnccn1. The molecule has 4 nitrogen and oxygen atoms in total. The van der Waals surface area contributed by atoms with E-state index < -0.39 is 0 Å². The number of nitrogens with zero attached hydrogens (tertiary/aromatic N) is 2. The van der Waals surface area contributed by atoms with Crippen LogP contribution in [0.3, 0.4) is 0 Å². The number of hydrogen-bond donors (Lipinski definition) is 1. The molecule has 0 saturated carbocycles. The van der Waals surface area contributed by atoms with Gasteiger partial charge in [-0.25, -0.2) is 0 Å². The number of ether oxygens (including phenoxy) is 1. The van der Waals surface area contributed by atoms with Crippen molar-refractivity contribution in [3.05, 3.63) is 24.3 Å². The molecular formula is C11H19N3O. The van der Waals surface area contributed by atoms with E-state index in [1.165, 1.54) is 0 Å². The fourth-order valence-corrected chi connectivity index (χ4v) is 1.37. The summed E-state index contributed by atoms with van der Waals surface area (Å²) in [6.07, 6.45) is 5.24. The molecule has 0 radical (unpaired) electrons. The van der Waals surface area contributed by atoms with Crippen molar-refractivity contribution in [2.75, 3.05) is 20.3 Å². The van der Waals surface area contributed by atoms with Crippen LogP contribution in [0.25, 0.3) is 0 Å². The van der Waals surface area contributed by atoms with Gasteiger partial charge in [0.1, 0.15) is 0 Å². The van der Waals surface area contributed by atoms with Gasteiger partial charge in [0, 0.05) is 44.2 Å². The van der Waals surface area contributed by atoms with Gasteiger partial charge in [-0.2, -0.15) is 0 Å². The van der Waals surface area contributed by atoms with E-state index in [0.717, 1.165) is 18.8 Å². The standard InChI is InChI=1S/C11H19N3O/c1-9(10(2)13-6-7-15-3)11-8-12-4-5-14-11/h4-5,8-10,13H,6-7H2,1-3H3. The molecule has 1 aromatic heterocycles. The van der Waals surface area contributed by atoms with E-state index in [2.05, 4.69) is 29.1 Å². The predicted octanol–water partition coefficient (Wildman–Crippen LogP) is 1.20. The first-order valence-electron chi connectivity index (χ1n) is 5.24. The molecule has 0 aliphatic rings. The van der Waals surface area contributed by atoms with Crippen molar-refractivity contribution in [2.45, 2.75) is 25.8 Å². The van der Waals surface area contributed by atoms with Crippen molar-refractivity contribution in [1.29, 1.82) is 0 Å². The van der Waals surface area contributed by atoms with Crippen LogP contribution in [0.15, 0.2) is 18.6 Å². The van der Waals surface area contributed by atoms with E-state index in [1.807, 2.05) is 6.20 Å². The van der Waals surface area contributed by atoms with Crippen LogP contribution in [0.5, 0.6) is 0 Å². The lowest BCUT2D eigenvalue weighted by atomic mass is 10.0. The summed E-state index contributed by atoms with van der Waals surface area (Å²) in [5.74, 6) is 0.357. The number of nitrogens with one attached hydrogen (secondary N) is 1. The summed E-state index contributed by atoms with van der Waals surface area (Å²) in [5, 5.41) is 3.39. The molecule has 0 bridgehead atoms. The molecule has 4 heteroatoms. The number of methoxy groups -OCH3 is 1.